The number of amides is 3. The van der Waals surface area contributed by atoms with Crippen LogP contribution in [0.2, 0.25) is 0 Å². The van der Waals surface area contributed by atoms with Crippen molar-refractivity contribution in [2.24, 2.45) is 0 Å². The van der Waals surface area contributed by atoms with Crippen molar-refractivity contribution in [1.29, 1.82) is 0 Å². The van der Waals surface area contributed by atoms with Gasteiger partial charge < -0.3 is 19.7 Å². The molecule has 1 aliphatic rings. The summed E-state index contributed by atoms with van der Waals surface area (Å²) in [5.41, 5.74) is 2.87. The first-order valence-corrected chi connectivity index (χ1v) is 10.8. The van der Waals surface area contributed by atoms with Gasteiger partial charge in [-0.05, 0) is 48.9 Å². The molecule has 1 fully saturated rings. The molecule has 4 rings (SSSR count). The van der Waals surface area contributed by atoms with Crippen LogP contribution in [0.4, 0.5) is 16.2 Å². The van der Waals surface area contributed by atoms with E-state index in [4.69, 9.17) is 9.47 Å². The molecule has 1 saturated heterocycles. The predicted molar refractivity (Wildman–Crippen MR) is 128 cm³/mol. The molecule has 33 heavy (non-hydrogen) atoms. The molecule has 0 saturated carbocycles. The first-order valence-electron chi connectivity index (χ1n) is 10.8. The van der Waals surface area contributed by atoms with Crippen LogP contribution in [0.1, 0.15) is 22.3 Å². The third-order valence-corrected chi connectivity index (χ3v) is 5.65. The molecule has 0 spiro atoms. The lowest BCUT2D eigenvalue weighted by Gasteiger charge is -2.36. The second-order valence-corrected chi connectivity index (χ2v) is 7.72. The van der Waals surface area contributed by atoms with E-state index >= 15 is 0 Å². The Kier molecular flexibility index (Phi) is 6.78. The van der Waals surface area contributed by atoms with E-state index in [1.165, 1.54) is 7.11 Å². The Balaban J connectivity index is 1.44. The van der Waals surface area contributed by atoms with Crippen LogP contribution in [0.25, 0.3) is 0 Å². The zero-order valence-corrected chi connectivity index (χ0v) is 18.8. The third-order valence-electron chi connectivity index (χ3n) is 5.65. The second kappa shape index (κ2) is 10.1. The molecule has 3 aromatic rings. The maximum Gasteiger partial charge on any atom is 0.324 e. The van der Waals surface area contributed by atoms with E-state index < -0.39 is 0 Å². The fraction of sp³-hybridized carbons (Fsp3) is 0.231. The Morgan fingerprint density at radius 1 is 0.879 bits per heavy atom. The number of hydrogen-bond donors (Lipinski definition) is 1. The van der Waals surface area contributed by atoms with Crippen molar-refractivity contribution < 1.29 is 19.1 Å². The number of rotatable bonds is 7. The molecule has 0 bridgehead atoms. The summed E-state index contributed by atoms with van der Waals surface area (Å²) in [6.45, 7) is 1.83. The summed E-state index contributed by atoms with van der Waals surface area (Å²) in [5.74, 6) is 1.04. The summed E-state index contributed by atoms with van der Waals surface area (Å²) in [5, 5.41) is 2.88. The minimum Gasteiger partial charge on any atom is -0.496 e. The topological polar surface area (TPSA) is 71.1 Å². The lowest BCUT2D eigenvalue weighted by molar-refractivity contribution is 0.102. The molecule has 3 aromatic carbocycles. The highest BCUT2D eigenvalue weighted by molar-refractivity contribution is 6.06. The van der Waals surface area contributed by atoms with Crippen molar-refractivity contribution in [2.45, 2.75) is 13.0 Å². The van der Waals surface area contributed by atoms with Gasteiger partial charge in [0.15, 0.2) is 0 Å². The summed E-state index contributed by atoms with van der Waals surface area (Å²) in [7, 11) is 3.17. The van der Waals surface area contributed by atoms with Crippen LogP contribution in [0, 0.1) is 0 Å². The number of anilines is 2. The minimum atomic E-state index is -0.253. The standard InChI is InChI=1S/C26H27N3O4/c1-32-23-10-5-3-8-19(23)18-28-16-7-17-29(26(28)31)21-14-12-20(13-15-21)27-25(30)22-9-4-6-11-24(22)33-2/h3-6,8-15H,7,16-18H2,1-2H3,(H,27,30). The number of hydrogen-bond acceptors (Lipinski definition) is 4. The van der Waals surface area contributed by atoms with E-state index in [1.807, 2.05) is 47.4 Å². The summed E-state index contributed by atoms with van der Waals surface area (Å²) in [4.78, 5) is 29.4. The lowest BCUT2D eigenvalue weighted by atomic mass is 10.1. The van der Waals surface area contributed by atoms with Gasteiger partial charge >= 0.3 is 6.03 Å². The lowest BCUT2D eigenvalue weighted by Crippen LogP contribution is -2.49. The zero-order valence-electron chi connectivity index (χ0n) is 18.8. The normalized spacial score (nSPS) is 13.6. The van der Waals surface area contributed by atoms with Gasteiger partial charge in [0.25, 0.3) is 5.91 Å². The predicted octanol–water partition coefficient (Wildman–Crippen LogP) is 4.79. The molecule has 7 heteroatoms. The van der Waals surface area contributed by atoms with Crippen molar-refractivity contribution in [1.82, 2.24) is 4.90 Å². The van der Waals surface area contributed by atoms with Gasteiger partial charge in [-0.2, -0.15) is 0 Å². The Morgan fingerprint density at radius 3 is 2.27 bits per heavy atom. The van der Waals surface area contributed by atoms with Crippen LogP contribution in [-0.4, -0.2) is 44.1 Å². The average Bonchev–Trinajstić information content (AvgIpc) is 2.86. The van der Waals surface area contributed by atoms with Crippen LogP contribution in [0.3, 0.4) is 0 Å². The van der Waals surface area contributed by atoms with Gasteiger partial charge in [0.2, 0.25) is 0 Å². The zero-order chi connectivity index (χ0) is 23.2. The van der Waals surface area contributed by atoms with E-state index in [1.54, 1.807) is 42.3 Å². The maximum atomic E-state index is 13.2. The summed E-state index contributed by atoms with van der Waals surface area (Å²) in [6, 6.07) is 22.1. The van der Waals surface area contributed by atoms with E-state index in [9.17, 15) is 9.59 Å². The molecule has 0 radical (unpaired) electrons. The molecule has 1 heterocycles. The van der Waals surface area contributed by atoms with E-state index in [-0.39, 0.29) is 11.9 Å². The van der Waals surface area contributed by atoms with E-state index in [0.29, 0.717) is 36.6 Å². The largest absolute Gasteiger partial charge is 0.496 e. The fourth-order valence-corrected chi connectivity index (χ4v) is 3.96. The molecule has 170 valence electrons. The molecule has 1 aliphatic heterocycles. The van der Waals surface area contributed by atoms with Gasteiger partial charge in [-0.1, -0.05) is 30.3 Å². The number of nitrogens with zero attached hydrogens (tertiary/aromatic N) is 2. The molecule has 0 atom stereocenters. The molecule has 0 aromatic heterocycles. The van der Waals surface area contributed by atoms with Crippen molar-refractivity contribution in [3.8, 4) is 11.5 Å². The smallest absolute Gasteiger partial charge is 0.324 e. The Morgan fingerprint density at radius 2 is 1.55 bits per heavy atom. The molecule has 0 aliphatic carbocycles. The number of ether oxygens (including phenoxy) is 2. The van der Waals surface area contributed by atoms with Crippen LogP contribution >= 0.6 is 0 Å². The van der Waals surface area contributed by atoms with Gasteiger partial charge in [-0.3, -0.25) is 9.69 Å². The number of carbonyl (C=O) groups is 2. The highest BCUT2D eigenvalue weighted by atomic mass is 16.5. The van der Waals surface area contributed by atoms with Crippen molar-refractivity contribution in [3.63, 3.8) is 0 Å². The van der Waals surface area contributed by atoms with Crippen molar-refractivity contribution in [2.75, 3.05) is 37.5 Å². The molecule has 3 amide bonds. The fourth-order valence-electron chi connectivity index (χ4n) is 3.96. The number of carbonyl (C=O) groups excluding carboxylic acids is 2. The first-order chi connectivity index (χ1) is 16.1. The van der Waals surface area contributed by atoms with Gasteiger partial charge in [0.1, 0.15) is 11.5 Å². The van der Waals surface area contributed by atoms with E-state index in [2.05, 4.69) is 5.32 Å². The number of benzene rings is 3. The monoisotopic (exact) mass is 445 g/mol. The molecular weight excluding hydrogens is 418 g/mol. The maximum absolute atomic E-state index is 13.2. The summed E-state index contributed by atoms with van der Waals surface area (Å²) in [6.07, 6.45) is 0.868. The third kappa shape index (κ3) is 4.92. The van der Waals surface area contributed by atoms with Gasteiger partial charge in [0, 0.05) is 30.0 Å². The number of para-hydroxylation sites is 2. The van der Waals surface area contributed by atoms with Gasteiger partial charge in [-0.25, -0.2) is 4.79 Å². The van der Waals surface area contributed by atoms with Gasteiger partial charge in [-0.15, -0.1) is 0 Å². The Bertz CT molecular complexity index is 1130. The van der Waals surface area contributed by atoms with Gasteiger partial charge in [0.05, 0.1) is 26.3 Å². The summed E-state index contributed by atoms with van der Waals surface area (Å²) < 4.78 is 10.7. The highest BCUT2D eigenvalue weighted by Gasteiger charge is 2.27. The van der Waals surface area contributed by atoms with Crippen LogP contribution in [0.5, 0.6) is 11.5 Å². The number of methoxy groups -OCH3 is 2. The van der Waals surface area contributed by atoms with Crippen LogP contribution < -0.4 is 19.7 Å². The van der Waals surface area contributed by atoms with Crippen molar-refractivity contribution >= 4 is 23.3 Å². The quantitative estimate of drug-likeness (QED) is 0.568. The molecule has 1 N–H and O–H groups in total. The van der Waals surface area contributed by atoms with E-state index in [0.717, 1.165) is 23.4 Å². The number of nitrogens with one attached hydrogen (secondary N) is 1. The second-order valence-electron chi connectivity index (χ2n) is 7.72. The average molecular weight is 446 g/mol. The first kappa shape index (κ1) is 22.2. The minimum absolute atomic E-state index is 0.0436. The Hall–Kier alpha value is -4.00. The highest BCUT2D eigenvalue weighted by Crippen LogP contribution is 2.26. The molecule has 7 nitrogen and oxygen atoms in total. The summed E-state index contributed by atoms with van der Waals surface area (Å²) >= 11 is 0. The molecular formula is C26H27N3O4. The SMILES string of the molecule is COc1ccccc1CN1CCCN(c2ccc(NC(=O)c3ccccc3OC)cc2)C1=O. The number of urea groups is 1. The van der Waals surface area contributed by atoms with Crippen LogP contribution in [0.15, 0.2) is 72.8 Å². The molecule has 0 unspecified atom stereocenters. The van der Waals surface area contributed by atoms with Crippen molar-refractivity contribution in [3.05, 3.63) is 83.9 Å². The Labute approximate surface area is 193 Å². The van der Waals surface area contributed by atoms with Crippen LogP contribution in [-0.2, 0) is 6.54 Å².